The summed E-state index contributed by atoms with van der Waals surface area (Å²) in [4.78, 5) is 2.27. The lowest BCUT2D eigenvalue weighted by molar-refractivity contribution is 0.185. The molecule has 1 atom stereocenters. The van der Waals surface area contributed by atoms with Gasteiger partial charge in [-0.25, -0.2) is 0 Å². The van der Waals surface area contributed by atoms with E-state index in [0.29, 0.717) is 0 Å². The second-order valence-electron chi connectivity index (χ2n) is 10.0. The van der Waals surface area contributed by atoms with Crippen molar-refractivity contribution in [2.24, 2.45) is 0 Å². The van der Waals surface area contributed by atoms with Crippen molar-refractivity contribution >= 4 is 19.1 Å². The highest BCUT2D eigenvalue weighted by Crippen LogP contribution is 2.45. The topological polar surface area (TPSA) is 12.5 Å². The van der Waals surface area contributed by atoms with Crippen molar-refractivity contribution in [3.05, 3.63) is 47.0 Å². The molecule has 0 amide bonds. The minimum atomic E-state index is -1.75. The highest BCUT2D eigenvalue weighted by molar-refractivity contribution is 6.74. The largest absolute Gasteiger partial charge is 0.410 e. The van der Waals surface area contributed by atoms with Gasteiger partial charge in [0.2, 0.25) is 0 Å². The van der Waals surface area contributed by atoms with Crippen molar-refractivity contribution in [3.8, 4) is 0 Å². The van der Waals surface area contributed by atoms with Crippen LogP contribution in [0.25, 0.3) is 10.8 Å². The summed E-state index contributed by atoms with van der Waals surface area (Å²) in [7, 11) is 2.55. The van der Waals surface area contributed by atoms with E-state index in [-0.39, 0.29) is 11.1 Å². The predicted molar refractivity (Wildman–Crippen MR) is 120 cm³/mol. The van der Waals surface area contributed by atoms with Gasteiger partial charge in [0.15, 0.2) is 8.32 Å². The third kappa shape index (κ3) is 4.47. The standard InChI is InChI=1S/C24H37NOSi/c1-24(2,3)27(6,7)26-23-15-14-20-21(23)13-12-19-11-10-18(17-22(19)20)9-8-16-25(4)5/h10-13,17,23H,8-9,14-16H2,1-7H3. The molecule has 2 aromatic rings. The Kier molecular flexibility index (Phi) is 5.86. The van der Waals surface area contributed by atoms with E-state index < -0.39 is 8.32 Å². The third-order valence-corrected chi connectivity index (χ3v) is 11.0. The van der Waals surface area contributed by atoms with Crippen LogP contribution in [-0.2, 0) is 17.3 Å². The van der Waals surface area contributed by atoms with Crippen LogP contribution in [0.15, 0.2) is 30.3 Å². The molecule has 0 saturated heterocycles. The van der Waals surface area contributed by atoms with Gasteiger partial charge in [0.05, 0.1) is 6.10 Å². The van der Waals surface area contributed by atoms with Crippen molar-refractivity contribution in [1.29, 1.82) is 0 Å². The fourth-order valence-corrected chi connectivity index (χ4v) is 5.18. The lowest BCUT2D eigenvalue weighted by Gasteiger charge is -2.38. The second kappa shape index (κ2) is 7.69. The molecular formula is C24H37NOSi. The molecule has 3 rings (SSSR count). The minimum Gasteiger partial charge on any atom is -0.410 e. The van der Waals surface area contributed by atoms with Crippen molar-refractivity contribution in [2.45, 2.75) is 70.7 Å². The summed E-state index contributed by atoms with van der Waals surface area (Å²) in [6.07, 6.45) is 4.92. The SMILES string of the molecule is CN(C)CCCc1ccc2ccc3c(c2c1)CCC3O[Si](C)(C)C(C)(C)C. The molecule has 0 fully saturated rings. The van der Waals surface area contributed by atoms with Gasteiger partial charge in [-0.05, 0) is 91.9 Å². The number of hydrogen-bond donors (Lipinski definition) is 0. The normalized spacial score (nSPS) is 17.7. The predicted octanol–water partition coefficient (Wildman–Crippen LogP) is 6.34. The van der Waals surface area contributed by atoms with Gasteiger partial charge in [0.25, 0.3) is 0 Å². The van der Waals surface area contributed by atoms with Gasteiger partial charge in [0, 0.05) is 0 Å². The first-order valence-corrected chi connectivity index (χ1v) is 13.4. The molecule has 2 nitrogen and oxygen atoms in total. The Labute approximate surface area is 167 Å². The molecule has 0 heterocycles. The van der Waals surface area contributed by atoms with Gasteiger partial charge >= 0.3 is 0 Å². The zero-order valence-electron chi connectivity index (χ0n) is 18.4. The van der Waals surface area contributed by atoms with Crippen LogP contribution >= 0.6 is 0 Å². The summed E-state index contributed by atoms with van der Waals surface area (Å²) in [6.45, 7) is 12.9. The maximum absolute atomic E-state index is 6.79. The van der Waals surface area contributed by atoms with Crippen molar-refractivity contribution < 1.29 is 4.43 Å². The summed E-state index contributed by atoms with van der Waals surface area (Å²) in [6, 6.07) is 11.7. The highest BCUT2D eigenvalue weighted by Gasteiger charge is 2.40. The number of hydrogen-bond acceptors (Lipinski definition) is 2. The lowest BCUT2D eigenvalue weighted by atomic mass is 9.97. The summed E-state index contributed by atoms with van der Waals surface area (Å²) >= 11 is 0. The van der Waals surface area contributed by atoms with Crippen molar-refractivity contribution in [2.75, 3.05) is 20.6 Å². The fourth-order valence-electron chi connectivity index (χ4n) is 3.87. The molecule has 2 aromatic carbocycles. The molecule has 0 spiro atoms. The average Bonchev–Trinajstić information content (AvgIpc) is 2.96. The number of rotatable bonds is 6. The molecule has 1 aliphatic rings. The molecule has 27 heavy (non-hydrogen) atoms. The smallest absolute Gasteiger partial charge is 0.192 e. The van der Waals surface area contributed by atoms with Gasteiger partial charge in [0.1, 0.15) is 0 Å². The van der Waals surface area contributed by atoms with Gasteiger partial charge < -0.3 is 9.33 Å². The van der Waals surface area contributed by atoms with Gasteiger partial charge in [-0.3, -0.25) is 0 Å². The Morgan fingerprint density at radius 1 is 1.11 bits per heavy atom. The maximum atomic E-state index is 6.79. The highest BCUT2D eigenvalue weighted by atomic mass is 28.4. The molecule has 0 aliphatic heterocycles. The zero-order valence-corrected chi connectivity index (χ0v) is 19.4. The van der Waals surface area contributed by atoms with E-state index in [0.717, 1.165) is 25.8 Å². The fraction of sp³-hybridized carbons (Fsp3) is 0.583. The first-order chi connectivity index (χ1) is 12.6. The van der Waals surface area contributed by atoms with E-state index in [1.807, 2.05) is 0 Å². The molecule has 0 radical (unpaired) electrons. The summed E-state index contributed by atoms with van der Waals surface area (Å²) in [5.41, 5.74) is 4.44. The van der Waals surface area contributed by atoms with E-state index in [1.54, 1.807) is 0 Å². The second-order valence-corrected chi connectivity index (χ2v) is 14.8. The van der Waals surface area contributed by atoms with E-state index in [4.69, 9.17) is 4.43 Å². The Balaban J connectivity index is 1.86. The van der Waals surface area contributed by atoms with Crippen LogP contribution in [0.4, 0.5) is 0 Å². The molecule has 0 saturated carbocycles. The molecular weight excluding hydrogens is 346 g/mol. The molecule has 1 aliphatic carbocycles. The maximum Gasteiger partial charge on any atom is 0.192 e. The Morgan fingerprint density at radius 2 is 1.81 bits per heavy atom. The number of benzene rings is 2. The number of aryl methyl sites for hydroxylation is 2. The van der Waals surface area contributed by atoms with Crippen LogP contribution in [0.1, 0.15) is 56.4 Å². The zero-order chi connectivity index (χ0) is 19.8. The quantitative estimate of drug-likeness (QED) is 0.539. The van der Waals surface area contributed by atoms with Gasteiger partial charge in [-0.2, -0.15) is 0 Å². The molecule has 3 heteroatoms. The molecule has 1 unspecified atom stereocenters. The Hall–Kier alpha value is -1.16. The van der Waals surface area contributed by atoms with Crippen LogP contribution in [-0.4, -0.2) is 33.9 Å². The first-order valence-electron chi connectivity index (χ1n) is 10.5. The molecule has 0 N–H and O–H groups in total. The van der Waals surface area contributed by atoms with Crippen LogP contribution < -0.4 is 0 Å². The monoisotopic (exact) mass is 383 g/mol. The number of nitrogens with zero attached hydrogens (tertiary/aromatic N) is 1. The van der Waals surface area contributed by atoms with Crippen LogP contribution in [0.3, 0.4) is 0 Å². The summed E-state index contributed by atoms with van der Waals surface area (Å²) < 4.78 is 6.79. The first kappa shape index (κ1) is 20.6. The van der Waals surface area contributed by atoms with Gasteiger partial charge in [-0.15, -0.1) is 0 Å². The minimum absolute atomic E-state index is 0.256. The van der Waals surface area contributed by atoms with Crippen LogP contribution in [0.2, 0.25) is 18.1 Å². The third-order valence-electron chi connectivity index (χ3n) is 6.55. The average molecular weight is 384 g/mol. The molecule has 0 bridgehead atoms. The van der Waals surface area contributed by atoms with E-state index in [2.05, 4.69) is 83.2 Å². The lowest BCUT2D eigenvalue weighted by Crippen LogP contribution is -2.41. The van der Waals surface area contributed by atoms with Crippen molar-refractivity contribution in [3.63, 3.8) is 0 Å². The van der Waals surface area contributed by atoms with Crippen molar-refractivity contribution in [1.82, 2.24) is 4.90 Å². The molecule has 0 aromatic heterocycles. The van der Waals surface area contributed by atoms with Crippen LogP contribution in [0.5, 0.6) is 0 Å². The van der Waals surface area contributed by atoms with Crippen LogP contribution in [0, 0.1) is 0 Å². The molecule has 148 valence electrons. The summed E-state index contributed by atoms with van der Waals surface area (Å²) in [5, 5.41) is 3.08. The Bertz CT molecular complexity index is 804. The van der Waals surface area contributed by atoms with E-state index >= 15 is 0 Å². The van der Waals surface area contributed by atoms with E-state index in [1.165, 1.54) is 33.9 Å². The van der Waals surface area contributed by atoms with E-state index in [9.17, 15) is 0 Å². The number of fused-ring (bicyclic) bond motifs is 3. The summed E-state index contributed by atoms with van der Waals surface area (Å²) in [5.74, 6) is 0. The van der Waals surface area contributed by atoms with Gasteiger partial charge in [-0.1, -0.05) is 51.1 Å². The Morgan fingerprint density at radius 3 is 2.48 bits per heavy atom.